The van der Waals surface area contributed by atoms with Crippen molar-refractivity contribution in [2.45, 2.75) is 31.2 Å². The van der Waals surface area contributed by atoms with E-state index < -0.39 is 5.25 Å². The summed E-state index contributed by atoms with van der Waals surface area (Å²) in [5, 5.41) is 11.7. The van der Waals surface area contributed by atoms with Crippen LogP contribution in [0.5, 0.6) is 0 Å². The van der Waals surface area contributed by atoms with Crippen LogP contribution in [0.2, 0.25) is 0 Å². The Morgan fingerprint density at radius 3 is 2.42 bits per heavy atom. The van der Waals surface area contributed by atoms with Crippen LogP contribution in [0.1, 0.15) is 18.2 Å². The summed E-state index contributed by atoms with van der Waals surface area (Å²) >= 11 is 1.28. The minimum atomic E-state index is -0.562. The van der Waals surface area contributed by atoms with Gasteiger partial charge in [0.15, 0.2) is 11.0 Å². The Morgan fingerprint density at radius 2 is 1.71 bits per heavy atom. The monoisotopic (exact) mass is 525 g/mol. The number of anilines is 1. The first-order valence-electron chi connectivity index (χ1n) is 12.1. The minimum absolute atomic E-state index is 0.255. The SMILES string of the molecule is Cc1ccccc1-n1c(S[C@@H](C)C(=O)Nc2c(C)n(C)n(-c3ccccc3)c2=O)nnc1-c1cccnc1. The molecule has 5 aromatic rings. The number of nitrogens with zero attached hydrogens (tertiary/aromatic N) is 6. The highest BCUT2D eigenvalue weighted by atomic mass is 32.2. The van der Waals surface area contributed by atoms with Crippen molar-refractivity contribution in [3.8, 4) is 22.8 Å². The molecule has 0 bridgehead atoms. The highest BCUT2D eigenvalue weighted by Crippen LogP contribution is 2.31. The smallest absolute Gasteiger partial charge is 0.295 e. The van der Waals surface area contributed by atoms with E-state index in [1.54, 1.807) is 31.0 Å². The summed E-state index contributed by atoms with van der Waals surface area (Å²) in [5.41, 5.74) is 4.11. The van der Waals surface area contributed by atoms with E-state index in [0.29, 0.717) is 16.7 Å². The molecule has 192 valence electrons. The number of benzene rings is 2. The van der Waals surface area contributed by atoms with Crippen LogP contribution in [-0.2, 0) is 11.8 Å². The molecule has 0 aliphatic rings. The van der Waals surface area contributed by atoms with Crippen LogP contribution >= 0.6 is 11.8 Å². The largest absolute Gasteiger partial charge is 0.319 e. The molecule has 0 radical (unpaired) electrons. The zero-order chi connectivity index (χ0) is 26.8. The normalized spacial score (nSPS) is 11.9. The van der Waals surface area contributed by atoms with Crippen molar-refractivity contribution in [2.24, 2.45) is 7.05 Å². The van der Waals surface area contributed by atoms with Gasteiger partial charge in [-0.1, -0.05) is 48.2 Å². The molecule has 10 heteroatoms. The lowest BCUT2D eigenvalue weighted by Crippen LogP contribution is -2.27. The van der Waals surface area contributed by atoms with Crippen molar-refractivity contribution in [1.29, 1.82) is 0 Å². The summed E-state index contributed by atoms with van der Waals surface area (Å²) in [4.78, 5) is 30.8. The molecule has 3 aromatic heterocycles. The molecule has 1 atom stereocenters. The molecule has 0 saturated heterocycles. The second-order valence-electron chi connectivity index (χ2n) is 8.86. The topological polar surface area (TPSA) is 99.6 Å². The molecule has 9 nitrogen and oxygen atoms in total. The average molecular weight is 526 g/mol. The van der Waals surface area contributed by atoms with Gasteiger partial charge in [-0.05, 0) is 56.7 Å². The van der Waals surface area contributed by atoms with Crippen LogP contribution in [0.15, 0.2) is 89.1 Å². The van der Waals surface area contributed by atoms with Gasteiger partial charge in [-0.15, -0.1) is 10.2 Å². The second-order valence-corrected chi connectivity index (χ2v) is 10.2. The molecule has 3 heterocycles. The summed E-state index contributed by atoms with van der Waals surface area (Å²) in [6, 6.07) is 21.0. The summed E-state index contributed by atoms with van der Waals surface area (Å²) in [6.45, 7) is 5.61. The molecule has 0 fully saturated rings. The van der Waals surface area contributed by atoms with Crippen LogP contribution in [0.4, 0.5) is 5.69 Å². The standard InChI is InChI=1S/C28H27N7O2S/c1-18-11-8-9-15-23(18)34-25(21-12-10-16-29-17-21)31-32-28(34)38-20(3)26(36)30-24-19(2)33(4)35(27(24)37)22-13-6-5-7-14-22/h5-17,20H,1-4H3,(H,30,36)/t20-/m0/s1. The third-order valence-corrected chi connectivity index (χ3v) is 7.41. The molecule has 5 rings (SSSR count). The Bertz CT molecular complexity index is 1660. The van der Waals surface area contributed by atoms with Crippen LogP contribution < -0.4 is 10.9 Å². The minimum Gasteiger partial charge on any atom is -0.319 e. The average Bonchev–Trinajstić information content (AvgIpc) is 3.43. The molecule has 0 aliphatic carbocycles. The first kappa shape index (κ1) is 25.2. The number of aromatic nitrogens is 6. The van der Waals surface area contributed by atoms with Crippen molar-refractivity contribution >= 4 is 23.4 Å². The molecule has 1 amide bonds. The molecule has 0 unspecified atom stereocenters. The van der Waals surface area contributed by atoms with Crippen LogP contribution in [0, 0.1) is 13.8 Å². The number of rotatable bonds is 7. The van der Waals surface area contributed by atoms with E-state index in [0.717, 1.165) is 22.5 Å². The van der Waals surface area contributed by atoms with Gasteiger partial charge in [0.25, 0.3) is 5.56 Å². The Labute approximate surface area is 224 Å². The number of para-hydroxylation sites is 2. The van der Waals surface area contributed by atoms with E-state index in [9.17, 15) is 9.59 Å². The van der Waals surface area contributed by atoms with E-state index >= 15 is 0 Å². The fourth-order valence-corrected chi connectivity index (χ4v) is 5.07. The molecule has 0 spiro atoms. The van der Waals surface area contributed by atoms with Crippen LogP contribution in [-0.4, -0.2) is 40.3 Å². The lowest BCUT2D eigenvalue weighted by atomic mass is 10.2. The van der Waals surface area contributed by atoms with Gasteiger partial charge in [0, 0.05) is 25.0 Å². The van der Waals surface area contributed by atoms with E-state index in [2.05, 4.69) is 20.5 Å². The van der Waals surface area contributed by atoms with Gasteiger partial charge in [-0.3, -0.25) is 23.8 Å². The fourth-order valence-electron chi connectivity index (χ4n) is 4.21. The van der Waals surface area contributed by atoms with Crippen molar-refractivity contribution in [3.63, 3.8) is 0 Å². The number of thioether (sulfide) groups is 1. The molecule has 0 aliphatic heterocycles. The molecule has 1 N–H and O–H groups in total. The zero-order valence-corrected chi connectivity index (χ0v) is 22.3. The van der Waals surface area contributed by atoms with Gasteiger partial charge >= 0.3 is 0 Å². The van der Waals surface area contributed by atoms with Gasteiger partial charge < -0.3 is 5.32 Å². The van der Waals surface area contributed by atoms with Gasteiger partial charge in [-0.2, -0.15) is 0 Å². The molecular formula is C28H27N7O2S. The summed E-state index contributed by atoms with van der Waals surface area (Å²) < 4.78 is 5.22. The number of aryl methyl sites for hydroxylation is 1. The molecule has 38 heavy (non-hydrogen) atoms. The van der Waals surface area contributed by atoms with Crippen molar-refractivity contribution in [2.75, 3.05) is 5.32 Å². The second kappa shape index (κ2) is 10.5. The fraction of sp³-hybridized carbons (Fsp3) is 0.179. The number of nitrogens with one attached hydrogen (secondary N) is 1. The third-order valence-electron chi connectivity index (χ3n) is 6.36. The van der Waals surface area contributed by atoms with E-state index in [1.807, 2.05) is 85.1 Å². The van der Waals surface area contributed by atoms with Gasteiger partial charge in [0.2, 0.25) is 5.91 Å². The summed E-state index contributed by atoms with van der Waals surface area (Å²) in [5.74, 6) is 0.329. The maximum atomic E-state index is 13.3. The lowest BCUT2D eigenvalue weighted by Gasteiger charge is -2.15. The van der Waals surface area contributed by atoms with E-state index in [4.69, 9.17) is 0 Å². The first-order chi connectivity index (χ1) is 18.4. The Hall–Kier alpha value is -4.44. The van der Waals surface area contributed by atoms with Crippen molar-refractivity contribution < 1.29 is 4.79 Å². The highest BCUT2D eigenvalue weighted by molar-refractivity contribution is 8.00. The lowest BCUT2D eigenvalue weighted by molar-refractivity contribution is -0.115. The number of carbonyl (C=O) groups is 1. The van der Waals surface area contributed by atoms with Gasteiger partial charge in [-0.25, -0.2) is 4.68 Å². The zero-order valence-electron chi connectivity index (χ0n) is 21.5. The number of carbonyl (C=O) groups excluding carboxylic acids is 1. The quantitative estimate of drug-likeness (QED) is 0.313. The number of pyridine rings is 1. The molecule has 0 saturated carbocycles. The van der Waals surface area contributed by atoms with Gasteiger partial charge in [0.1, 0.15) is 5.69 Å². The summed E-state index contributed by atoms with van der Waals surface area (Å²) in [6.07, 6.45) is 3.44. The van der Waals surface area contributed by atoms with E-state index in [-0.39, 0.29) is 17.2 Å². The van der Waals surface area contributed by atoms with Crippen molar-refractivity contribution in [1.82, 2.24) is 29.1 Å². The Kier molecular flexibility index (Phi) is 6.97. The Morgan fingerprint density at radius 1 is 0.974 bits per heavy atom. The highest BCUT2D eigenvalue weighted by Gasteiger charge is 2.25. The predicted molar refractivity (Wildman–Crippen MR) is 149 cm³/mol. The molecule has 2 aromatic carbocycles. The van der Waals surface area contributed by atoms with Crippen LogP contribution in [0.25, 0.3) is 22.8 Å². The van der Waals surface area contributed by atoms with Crippen LogP contribution in [0.3, 0.4) is 0 Å². The third kappa shape index (κ3) is 4.66. The number of hydrogen-bond donors (Lipinski definition) is 1. The summed E-state index contributed by atoms with van der Waals surface area (Å²) in [7, 11) is 1.79. The maximum absolute atomic E-state index is 13.3. The van der Waals surface area contributed by atoms with Gasteiger partial charge in [0.05, 0.1) is 22.3 Å². The van der Waals surface area contributed by atoms with Crippen molar-refractivity contribution in [3.05, 3.63) is 101 Å². The first-order valence-corrected chi connectivity index (χ1v) is 13.0. The predicted octanol–water partition coefficient (Wildman–Crippen LogP) is 4.55. The number of amides is 1. The number of hydrogen-bond acceptors (Lipinski definition) is 6. The van der Waals surface area contributed by atoms with E-state index in [1.165, 1.54) is 16.4 Å². The Balaban J connectivity index is 1.45. The molecular weight excluding hydrogens is 498 g/mol. The maximum Gasteiger partial charge on any atom is 0.295 e.